The Hall–Kier alpha value is -2.00. The minimum atomic E-state index is -0.467. The fourth-order valence-corrected chi connectivity index (χ4v) is 1.80. The highest BCUT2D eigenvalue weighted by Gasteiger charge is 2.13. The van der Waals surface area contributed by atoms with Gasteiger partial charge in [0, 0.05) is 5.02 Å². The molecule has 98 valence electrons. The highest BCUT2D eigenvalue weighted by atomic mass is 35.5. The van der Waals surface area contributed by atoms with E-state index in [1.54, 1.807) is 12.1 Å². The first-order valence-electron chi connectivity index (χ1n) is 5.75. The minimum Gasteiger partial charge on any atom is -0.488 e. The molecule has 0 saturated carbocycles. The molecule has 0 aliphatic carbocycles. The topological polar surface area (TPSA) is 35.5 Å². The molecule has 0 aromatic heterocycles. The number of carbonyl (C=O) groups is 1. The molecular weight excluding hydrogens is 264 g/mol. The van der Waals surface area contributed by atoms with Gasteiger partial charge in [-0.25, -0.2) is 4.79 Å². The van der Waals surface area contributed by atoms with Crippen molar-refractivity contribution in [2.45, 2.75) is 6.61 Å². The van der Waals surface area contributed by atoms with Crippen LogP contribution in [0.1, 0.15) is 15.9 Å². The number of halogens is 1. The third kappa shape index (κ3) is 3.48. The second-order valence-electron chi connectivity index (χ2n) is 3.91. The SMILES string of the molecule is COC(=O)c1cc(Cl)ccc1OCc1ccccc1. The van der Waals surface area contributed by atoms with Crippen LogP contribution in [0.2, 0.25) is 5.02 Å². The Bertz CT molecular complexity index is 567. The van der Waals surface area contributed by atoms with E-state index in [9.17, 15) is 4.79 Å². The fraction of sp³-hybridized carbons (Fsp3) is 0.133. The van der Waals surface area contributed by atoms with E-state index in [0.29, 0.717) is 22.9 Å². The summed E-state index contributed by atoms with van der Waals surface area (Å²) in [5, 5.41) is 0.465. The van der Waals surface area contributed by atoms with Gasteiger partial charge in [0.1, 0.15) is 17.9 Å². The molecule has 0 amide bonds. The van der Waals surface area contributed by atoms with Crippen molar-refractivity contribution in [2.24, 2.45) is 0 Å². The monoisotopic (exact) mass is 276 g/mol. The van der Waals surface area contributed by atoms with Crippen LogP contribution in [0.25, 0.3) is 0 Å². The Morgan fingerprint density at radius 1 is 1.16 bits per heavy atom. The van der Waals surface area contributed by atoms with Crippen LogP contribution < -0.4 is 4.74 Å². The summed E-state index contributed by atoms with van der Waals surface area (Å²) >= 11 is 5.87. The molecule has 0 radical (unpaired) electrons. The lowest BCUT2D eigenvalue weighted by atomic mass is 10.2. The number of esters is 1. The Kier molecular flexibility index (Phi) is 4.42. The first-order chi connectivity index (χ1) is 9.20. The average molecular weight is 277 g/mol. The van der Waals surface area contributed by atoms with Crippen LogP contribution in [0.15, 0.2) is 48.5 Å². The number of benzene rings is 2. The van der Waals surface area contributed by atoms with E-state index in [1.165, 1.54) is 13.2 Å². The number of methoxy groups -OCH3 is 1. The normalized spacial score (nSPS) is 10.0. The van der Waals surface area contributed by atoms with Gasteiger partial charge in [-0.05, 0) is 23.8 Å². The first-order valence-corrected chi connectivity index (χ1v) is 6.13. The van der Waals surface area contributed by atoms with Gasteiger partial charge in [-0.3, -0.25) is 0 Å². The summed E-state index contributed by atoms with van der Waals surface area (Å²) in [5.41, 5.74) is 1.35. The Balaban J connectivity index is 2.18. The van der Waals surface area contributed by atoms with E-state index in [-0.39, 0.29) is 0 Å². The zero-order valence-corrected chi connectivity index (χ0v) is 11.2. The summed E-state index contributed by atoms with van der Waals surface area (Å²) in [6.45, 7) is 0.381. The number of rotatable bonds is 4. The zero-order chi connectivity index (χ0) is 13.7. The molecule has 2 rings (SSSR count). The summed E-state index contributed by atoms with van der Waals surface area (Å²) < 4.78 is 10.3. The van der Waals surface area contributed by atoms with Crippen molar-refractivity contribution in [3.63, 3.8) is 0 Å². The van der Waals surface area contributed by atoms with Crippen LogP contribution in [0.3, 0.4) is 0 Å². The maximum atomic E-state index is 11.6. The summed E-state index contributed by atoms with van der Waals surface area (Å²) in [5.74, 6) is -0.00864. The van der Waals surface area contributed by atoms with Gasteiger partial charge in [-0.1, -0.05) is 41.9 Å². The molecule has 2 aromatic rings. The summed E-state index contributed by atoms with van der Waals surface area (Å²) in [7, 11) is 1.32. The molecule has 0 fully saturated rings. The Morgan fingerprint density at radius 2 is 1.89 bits per heavy atom. The standard InChI is InChI=1S/C15H13ClO3/c1-18-15(17)13-9-12(16)7-8-14(13)19-10-11-5-3-2-4-6-11/h2-9H,10H2,1H3. The largest absolute Gasteiger partial charge is 0.488 e. The van der Waals surface area contributed by atoms with Gasteiger partial charge < -0.3 is 9.47 Å². The van der Waals surface area contributed by atoms with Crippen molar-refractivity contribution in [3.05, 3.63) is 64.7 Å². The molecule has 0 saturated heterocycles. The predicted molar refractivity (Wildman–Crippen MR) is 73.6 cm³/mol. The van der Waals surface area contributed by atoms with Crippen LogP contribution in [0.5, 0.6) is 5.75 Å². The van der Waals surface area contributed by atoms with Crippen LogP contribution in [-0.4, -0.2) is 13.1 Å². The molecule has 0 unspecified atom stereocenters. The molecule has 4 heteroatoms. The molecule has 3 nitrogen and oxygen atoms in total. The van der Waals surface area contributed by atoms with E-state index < -0.39 is 5.97 Å². The van der Waals surface area contributed by atoms with Gasteiger partial charge in [-0.15, -0.1) is 0 Å². The molecule has 0 heterocycles. The molecule has 0 atom stereocenters. The Labute approximate surface area is 116 Å². The quantitative estimate of drug-likeness (QED) is 0.799. The van der Waals surface area contributed by atoms with Gasteiger partial charge in [0.2, 0.25) is 0 Å². The second-order valence-corrected chi connectivity index (χ2v) is 4.34. The number of carbonyl (C=O) groups excluding carboxylic acids is 1. The van der Waals surface area contributed by atoms with Crippen LogP contribution >= 0.6 is 11.6 Å². The van der Waals surface area contributed by atoms with Crippen molar-refractivity contribution < 1.29 is 14.3 Å². The molecule has 0 N–H and O–H groups in total. The molecule has 0 bridgehead atoms. The smallest absolute Gasteiger partial charge is 0.341 e. The van der Waals surface area contributed by atoms with E-state index in [0.717, 1.165) is 5.56 Å². The van der Waals surface area contributed by atoms with Crippen molar-refractivity contribution in [1.29, 1.82) is 0 Å². The summed E-state index contributed by atoms with van der Waals surface area (Å²) in [4.78, 5) is 11.6. The van der Waals surface area contributed by atoms with Crippen molar-refractivity contribution in [3.8, 4) is 5.75 Å². The van der Waals surface area contributed by atoms with Crippen molar-refractivity contribution in [1.82, 2.24) is 0 Å². The molecule has 2 aromatic carbocycles. The summed E-state index contributed by atoms with van der Waals surface area (Å²) in [6.07, 6.45) is 0. The number of hydrogen-bond acceptors (Lipinski definition) is 3. The first kappa shape index (κ1) is 13.4. The average Bonchev–Trinajstić information content (AvgIpc) is 2.46. The highest BCUT2D eigenvalue weighted by Crippen LogP contribution is 2.24. The Morgan fingerprint density at radius 3 is 2.58 bits per heavy atom. The van der Waals surface area contributed by atoms with Crippen molar-refractivity contribution >= 4 is 17.6 Å². The third-order valence-corrected chi connectivity index (χ3v) is 2.82. The molecule has 0 spiro atoms. The van der Waals surface area contributed by atoms with E-state index in [4.69, 9.17) is 21.1 Å². The van der Waals surface area contributed by atoms with Crippen LogP contribution in [-0.2, 0) is 11.3 Å². The van der Waals surface area contributed by atoms with Crippen LogP contribution in [0, 0.1) is 0 Å². The third-order valence-electron chi connectivity index (χ3n) is 2.58. The molecule has 0 aliphatic rings. The maximum Gasteiger partial charge on any atom is 0.341 e. The lowest BCUT2D eigenvalue weighted by molar-refractivity contribution is 0.0595. The van der Waals surface area contributed by atoms with Crippen LogP contribution in [0.4, 0.5) is 0 Å². The molecule has 0 aliphatic heterocycles. The zero-order valence-electron chi connectivity index (χ0n) is 10.4. The maximum absolute atomic E-state index is 11.6. The molecular formula is C15H13ClO3. The predicted octanol–water partition coefficient (Wildman–Crippen LogP) is 3.71. The number of hydrogen-bond donors (Lipinski definition) is 0. The summed E-state index contributed by atoms with van der Waals surface area (Å²) in [6, 6.07) is 14.6. The lowest BCUT2D eigenvalue weighted by Crippen LogP contribution is -2.05. The van der Waals surface area contributed by atoms with Gasteiger partial charge in [0.15, 0.2) is 0 Å². The van der Waals surface area contributed by atoms with E-state index >= 15 is 0 Å². The lowest BCUT2D eigenvalue weighted by Gasteiger charge is -2.10. The second kappa shape index (κ2) is 6.25. The van der Waals surface area contributed by atoms with Gasteiger partial charge in [0.05, 0.1) is 7.11 Å². The molecule has 19 heavy (non-hydrogen) atoms. The van der Waals surface area contributed by atoms with E-state index in [1.807, 2.05) is 30.3 Å². The van der Waals surface area contributed by atoms with Crippen molar-refractivity contribution in [2.75, 3.05) is 7.11 Å². The minimum absolute atomic E-state index is 0.325. The number of ether oxygens (including phenoxy) is 2. The fourth-order valence-electron chi connectivity index (χ4n) is 1.63. The van der Waals surface area contributed by atoms with Gasteiger partial charge in [-0.2, -0.15) is 0 Å². The van der Waals surface area contributed by atoms with Gasteiger partial charge >= 0.3 is 5.97 Å². The highest BCUT2D eigenvalue weighted by molar-refractivity contribution is 6.31. The van der Waals surface area contributed by atoms with Gasteiger partial charge in [0.25, 0.3) is 0 Å². The van der Waals surface area contributed by atoms with E-state index in [2.05, 4.69) is 0 Å².